The van der Waals surface area contributed by atoms with Crippen LogP contribution in [0, 0.1) is 0 Å². The van der Waals surface area contributed by atoms with Gasteiger partial charge >= 0.3 is 5.97 Å². The number of esters is 1. The average molecular weight is 373 g/mol. The van der Waals surface area contributed by atoms with E-state index in [1.54, 1.807) is 30.3 Å². The molecule has 0 N–H and O–H groups in total. The number of sulfonamides is 1. The summed E-state index contributed by atoms with van der Waals surface area (Å²) in [7, 11) is -2.25. The highest BCUT2D eigenvalue weighted by molar-refractivity contribution is 7.88. The van der Waals surface area contributed by atoms with Crippen LogP contribution >= 0.6 is 0 Å². The zero-order valence-corrected chi connectivity index (χ0v) is 15.6. The van der Waals surface area contributed by atoms with E-state index in [0.717, 1.165) is 5.56 Å². The molecule has 0 aromatic heterocycles. The Morgan fingerprint density at radius 3 is 2.46 bits per heavy atom. The Labute approximate surface area is 155 Å². The van der Waals surface area contributed by atoms with Gasteiger partial charge in [-0.3, -0.25) is 0 Å². The lowest BCUT2D eigenvalue weighted by molar-refractivity contribution is 0.0600. The topological polar surface area (TPSA) is 63.7 Å². The van der Waals surface area contributed by atoms with E-state index in [-0.39, 0.29) is 12.3 Å². The van der Waals surface area contributed by atoms with Crippen LogP contribution in [-0.4, -0.2) is 38.9 Å². The first-order chi connectivity index (χ1) is 12.5. The van der Waals surface area contributed by atoms with Crippen molar-refractivity contribution in [2.45, 2.75) is 12.2 Å². The van der Waals surface area contributed by atoms with E-state index in [0.29, 0.717) is 24.1 Å². The number of methoxy groups -OCH3 is 1. The molecule has 2 aromatic carbocycles. The van der Waals surface area contributed by atoms with Gasteiger partial charge in [0.25, 0.3) is 0 Å². The van der Waals surface area contributed by atoms with Crippen LogP contribution in [0.3, 0.4) is 0 Å². The van der Waals surface area contributed by atoms with Crippen molar-refractivity contribution in [1.82, 2.24) is 4.31 Å². The predicted molar refractivity (Wildman–Crippen MR) is 102 cm³/mol. The maximum absolute atomic E-state index is 12.8. The summed E-state index contributed by atoms with van der Waals surface area (Å²) in [6.07, 6.45) is 2.20. The highest BCUT2D eigenvalue weighted by Crippen LogP contribution is 2.14. The summed E-state index contributed by atoms with van der Waals surface area (Å²) in [4.78, 5) is 11.6. The zero-order chi connectivity index (χ0) is 19.0. The van der Waals surface area contributed by atoms with Crippen molar-refractivity contribution in [2.24, 2.45) is 0 Å². The zero-order valence-electron chi connectivity index (χ0n) is 14.8. The molecular formula is C20H23NO4S. The van der Waals surface area contributed by atoms with E-state index in [1.807, 2.05) is 30.3 Å². The first kappa shape index (κ1) is 19.9. The molecule has 0 aliphatic carbocycles. The van der Waals surface area contributed by atoms with Gasteiger partial charge in [-0.05, 0) is 29.7 Å². The summed E-state index contributed by atoms with van der Waals surface area (Å²) in [6, 6.07) is 16.2. The minimum Gasteiger partial charge on any atom is -0.465 e. The van der Waals surface area contributed by atoms with Gasteiger partial charge in [-0.15, -0.1) is 6.58 Å². The first-order valence-electron chi connectivity index (χ1n) is 8.26. The standard InChI is InChI=1S/C20H23NO4S/c1-3-13-21(14-12-17-8-5-4-6-9-17)26(23,24)16-18-10-7-11-19(15-18)20(22)25-2/h3-11,15H,1,12-14,16H2,2H3. The maximum Gasteiger partial charge on any atom is 0.337 e. The summed E-state index contributed by atoms with van der Waals surface area (Å²) in [5, 5.41) is 0. The molecule has 0 fully saturated rings. The van der Waals surface area contributed by atoms with E-state index in [2.05, 4.69) is 11.3 Å². The lowest BCUT2D eigenvalue weighted by Crippen LogP contribution is -2.34. The predicted octanol–water partition coefficient (Wildman–Crippen LogP) is 3.03. The average Bonchev–Trinajstić information content (AvgIpc) is 2.65. The maximum atomic E-state index is 12.8. The van der Waals surface area contributed by atoms with Crippen LogP contribution < -0.4 is 0 Å². The van der Waals surface area contributed by atoms with E-state index in [9.17, 15) is 13.2 Å². The second-order valence-electron chi connectivity index (χ2n) is 5.83. The largest absolute Gasteiger partial charge is 0.465 e. The SMILES string of the molecule is C=CCN(CCc1ccccc1)S(=O)(=O)Cc1cccc(C(=O)OC)c1. The van der Waals surface area contributed by atoms with Gasteiger partial charge in [0, 0.05) is 13.1 Å². The van der Waals surface area contributed by atoms with Crippen molar-refractivity contribution >= 4 is 16.0 Å². The molecule has 0 heterocycles. The molecule has 0 saturated heterocycles. The third kappa shape index (κ3) is 5.54. The Hall–Kier alpha value is -2.44. The van der Waals surface area contributed by atoms with Gasteiger partial charge in [-0.25, -0.2) is 13.2 Å². The Morgan fingerprint density at radius 2 is 1.81 bits per heavy atom. The van der Waals surface area contributed by atoms with Crippen LogP contribution in [0.15, 0.2) is 67.3 Å². The molecule has 2 rings (SSSR count). The van der Waals surface area contributed by atoms with Crippen LogP contribution in [0.25, 0.3) is 0 Å². The number of nitrogens with zero attached hydrogens (tertiary/aromatic N) is 1. The molecule has 0 atom stereocenters. The van der Waals surface area contributed by atoms with Gasteiger partial charge in [0.2, 0.25) is 10.0 Å². The number of hydrogen-bond donors (Lipinski definition) is 0. The van der Waals surface area contributed by atoms with Gasteiger partial charge < -0.3 is 4.74 Å². The summed E-state index contributed by atoms with van der Waals surface area (Å²) < 4.78 is 31.7. The highest BCUT2D eigenvalue weighted by atomic mass is 32.2. The molecule has 138 valence electrons. The minimum absolute atomic E-state index is 0.180. The summed E-state index contributed by atoms with van der Waals surface area (Å²) in [5.41, 5.74) is 1.95. The first-order valence-corrected chi connectivity index (χ1v) is 9.87. The molecular weight excluding hydrogens is 350 g/mol. The van der Waals surface area contributed by atoms with Gasteiger partial charge in [0.05, 0.1) is 18.4 Å². The Balaban J connectivity index is 2.14. The number of carbonyl (C=O) groups excluding carboxylic acids is 1. The van der Waals surface area contributed by atoms with E-state index < -0.39 is 16.0 Å². The second kappa shape index (κ2) is 9.31. The van der Waals surface area contributed by atoms with Crippen molar-refractivity contribution in [3.8, 4) is 0 Å². The van der Waals surface area contributed by atoms with Crippen LogP contribution in [0.5, 0.6) is 0 Å². The lowest BCUT2D eigenvalue weighted by atomic mass is 10.1. The number of carbonyl (C=O) groups is 1. The van der Waals surface area contributed by atoms with E-state index in [4.69, 9.17) is 0 Å². The van der Waals surface area contributed by atoms with Crippen LogP contribution in [-0.2, 0) is 26.9 Å². The fraction of sp³-hybridized carbons (Fsp3) is 0.250. The van der Waals surface area contributed by atoms with Gasteiger partial charge in [-0.1, -0.05) is 48.5 Å². The van der Waals surface area contributed by atoms with Crippen LogP contribution in [0.2, 0.25) is 0 Å². The van der Waals surface area contributed by atoms with Crippen molar-refractivity contribution in [3.63, 3.8) is 0 Å². The molecule has 0 saturated carbocycles. The Bertz CT molecular complexity index is 847. The van der Waals surface area contributed by atoms with Gasteiger partial charge in [-0.2, -0.15) is 4.31 Å². The number of ether oxygens (including phenoxy) is 1. The molecule has 0 aliphatic rings. The molecule has 0 bridgehead atoms. The monoisotopic (exact) mass is 373 g/mol. The number of hydrogen-bond acceptors (Lipinski definition) is 4. The van der Waals surface area contributed by atoms with Crippen molar-refractivity contribution in [2.75, 3.05) is 20.2 Å². The van der Waals surface area contributed by atoms with E-state index >= 15 is 0 Å². The van der Waals surface area contributed by atoms with Crippen LogP contribution in [0.1, 0.15) is 21.5 Å². The fourth-order valence-electron chi connectivity index (χ4n) is 2.59. The molecule has 2 aromatic rings. The summed E-state index contributed by atoms with van der Waals surface area (Å²) in [6.45, 7) is 4.27. The molecule has 5 nitrogen and oxygen atoms in total. The normalized spacial score (nSPS) is 11.3. The summed E-state index contributed by atoms with van der Waals surface area (Å²) >= 11 is 0. The molecule has 0 radical (unpaired) electrons. The highest BCUT2D eigenvalue weighted by Gasteiger charge is 2.22. The van der Waals surface area contributed by atoms with Crippen molar-refractivity contribution in [3.05, 3.63) is 83.9 Å². The molecule has 0 spiro atoms. The summed E-state index contributed by atoms with van der Waals surface area (Å²) in [5.74, 6) is -0.670. The van der Waals surface area contributed by atoms with Crippen molar-refractivity contribution < 1.29 is 17.9 Å². The third-order valence-corrected chi connectivity index (χ3v) is 5.73. The van der Waals surface area contributed by atoms with E-state index in [1.165, 1.54) is 11.4 Å². The fourth-order valence-corrected chi connectivity index (χ4v) is 4.08. The number of benzene rings is 2. The molecule has 0 amide bonds. The lowest BCUT2D eigenvalue weighted by Gasteiger charge is -2.21. The molecule has 6 heteroatoms. The number of rotatable bonds is 9. The second-order valence-corrected chi connectivity index (χ2v) is 7.80. The quantitative estimate of drug-likeness (QED) is 0.501. The minimum atomic E-state index is -3.55. The smallest absolute Gasteiger partial charge is 0.337 e. The van der Waals surface area contributed by atoms with Gasteiger partial charge in [0.15, 0.2) is 0 Å². The Morgan fingerprint density at radius 1 is 1.12 bits per heavy atom. The van der Waals surface area contributed by atoms with Crippen molar-refractivity contribution in [1.29, 1.82) is 0 Å². The van der Waals surface area contributed by atoms with Crippen LogP contribution in [0.4, 0.5) is 0 Å². The third-order valence-electron chi connectivity index (χ3n) is 3.92. The molecule has 0 unspecified atom stereocenters. The molecule has 26 heavy (non-hydrogen) atoms. The molecule has 0 aliphatic heterocycles. The Kier molecular flexibility index (Phi) is 7.12. The van der Waals surface area contributed by atoms with Gasteiger partial charge in [0.1, 0.15) is 0 Å².